The zero-order chi connectivity index (χ0) is 24.4. The van der Waals surface area contributed by atoms with Gasteiger partial charge in [-0.15, -0.1) is 0 Å². The predicted molar refractivity (Wildman–Crippen MR) is 136 cm³/mol. The first-order valence-electron chi connectivity index (χ1n) is 12.6. The molecule has 2 aromatic rings. The van der Waals surface area contributed by atoms with Gasteiger partial charge in [-0.3, -0.25) is 19.3 Å². The van der Waals surface area contributed by atoms with Gasteiger partial charge in [0.2, 0.25) is 11.8 Å². The molecule has 2 saturated heterocycles. The van der Waals surface area contributed by atoms with Crippen LogP contribution in [0.5, 0.6) is 0 Å². The average Bonchev–Trinajstić information content (AvgIpc) is 3.55. The van der Waals surface area contributed by atoms with Crippen LogP contribution < -0.4 is 9.80 Å². The van der Waals surface area contributed by atoms with Crippen molar-refractivity contribution in [2.24, 2.45) is 23.7 Å². The van der Waals surface area contributed by atoms with Gasteiger partial charge in [0.15, 0.2) is 0 Å². The van der Waals surface area contributed by atoms with Crippen molar-refractivity contribution < 1.29 is 14.4 Å². The van der Waals surface area contributed by atoms with E-state index in [1.54, 1.807) is 18.2 Å². The first-order chi connectivity index (χ1) is 16.8. The van der Waals surface area contributed by atoms with Crippen molar-refractivity contribution in [1.29, 1.82) is 0 Å². The third kappa shape index (κ3) is 3.48. The third-order valence-corrected chi connectivity index (χ3v) is 9.18. The van der Waals surface area contributed by atoms with Crippen LogP contribution in [-0.2, 0) is 9.59 Å². The number of halogens is 1. The van der Waals surface area contributed by atoms with Gasteiger partial charge in [0.1, 0.15) is 0 Å². The SMILES string of the molecule is Cc1cccc(N2CCN(C(=O)c3cc(N4C(=O)C5C6CCC(C6)C5C4=O)ccc3Cl)CC2)c1C. The monoisotopic (exact) mass is 491 g/mol. The Morgan fingerprint density at radius 1 is 0.914 bits per heavy atom. The lowest BCUT2D eigenvalue weighted by Gasteiger charge is -2.37. The van der Waals surface area contributed by atoms with E-state index >= 15 is 0 Å². The van der Waals surface area contributed by atoms with Crippen molar-refractivity contribution in [2.75, 3.05) is 36.0 Å². The van der Waals surface area contributed by atoms with E-state index in [1.807, 2.05) is 4.90 Å². The molecule has 4 fully saturated rings. The molecule has 2 aliphatic heterocycles. The number of rotatable bonds is 3. The zero-order valence-electron chi connectivity index (χ0n) is 20.2. The minimum atomic E-state index is -0.186. The highest BCUT2D eigenvalue weighted by Crippen LogP contribution is 2.56. The van der Waals surface area contributed by atoms with E-state index in [2.05, 4.69) is 36.9 Å². The van der Waals surface area contributed by atoms with E-state index < -0.39 is 0 Å². The van der Waals surface area contributed by atoms with Gasteiger partial charge in [0.05, 0.1) is 28.1 Å². The number of hydrogen-bond acceptors (Lipinski definition) is 4. The van der Waals surface area contributed by atoms with E-state index in [9.17, 15) is 14.4 Å². The van der Waals surface area contributed by atoms with Crippen LogP contribution in [0.2, 0.25) is 5.02 Å². The molecule has 0 aromatic heterocycles. The van der Waals surface area contributed by atoms with Gasteiger partial charge in [0.25, 0.3) is 5.91 Å². The smallest absolute Gasteiger partial charge is 0.255 e. The van der Waals surface area contributed by atoms with E-state index in [1.165, 1.54) is 21.7 Å². The summed E-state index contributed by atoms with van der Waals surface area (Å²) in [6, 6.07) is 11.3. The fourth-order valence-corrected chi connectivity index (χ4v) is 7.08. The number of anilines is 2. The maximum absolute atomic E-state index is 13.5. The highest BCUT2D eigenvalue weighted by molar-refractivity contribution is 6.34. The summed E-state index contributed by atoms with van der Waals surface area (Å²) in [6.45, 7) is 6.89. The number of nitrogens with zero attached hydrogens (tertiary/aromatic N) is 3. The molecule has 0 N–H and O–H groups in total. The molecular weight excluding hydrogens is 462 g/mol. The Kier molecular flexibility index (Phi) is 5.40. The molecule has 2 bridgehead atoms. The summed E-state index contributed by atoms with van der Waals surface area (Å²) in [5, 5.41) is 0.343. The fourth-order valence-electron chi connectivity index (χ4n) is 6.88. The van der Waals surface area contributed by atoms with E-state index in [0.717, 1.165) is 32.4 Å². The maximum atomic E-state index is 13.5. The largest absolute Gasteiger partial charge is 0.368 e. The summed E-state index contributed by atoms with van der Waals surface area (Å²) in [4.78, 5) is 45.4. The number of piperazine rings is 1. The fraction of sp³-hybridized carbons (Fsp3) is 0.464. The summed E-state index contributed by atoms with van der Waals surface area (Å²) >= 11 is 6.46. The highest BCUT2D eigenvalue weighted by atomic mass is 35.5. The van der Waals surface area contributed by atoms with Gasteiger partial charge in [-0.25, -0.2) is 0 Å². The summed E-state index contributed by atoms with van der Waals surface area (Å²) in [5.74, 6) is -0.0770. The van der Waals surface area contributed by atoms with Crippen LogP contribution in [0, 0.1) is 37.5 Å². The number of fused-ring (bicyclic) bond motifs is 5. The molecule has 182 valence electrons. The van der Waals surface area contributed by atoms with Crippen LogP contribution in [0.15, 0.2) is 36.4 Å². The van der Waals surface area contributed by atoms with Crippen molar-refractivity contribution in [3.05, 3.63) is 58.1 Å². The van der Waals surface area contributed by atoms with Crippen LogP contribution in [0.25, 0.3) is 0 Å². The summed E-state index contributed by atoms with van der Waals surface area (Å²) in [6.07, 6.45) is 3.08. The Morgan fingerprint density at radius 3 is 2.23 bits per heavy atom. The molecule has 7 heteroatoms. The Morgan fingerprint density at radius 2 is 1.57 bits per heavy atom. The standard InChI is InChI=1S/C28H30ClN3O3/c1-16-4-3-5-23(17(16)2)30-10-12-31(13-11-30)26(33)21-15-20(8-9-22(21)29)32-27(34)24-18-6-7-19(14-18)25(24)28(32)35/h3-5,8-9,15,18-19,24-25H,6-7,10-14H2,1-2H3. The Balaban J connectivity index is 1.20. The van der Waals surface area contributed by atoms with E-state index in [0.29, 0.717) is 41.2 Å². The second-order valence-electron chi connectivity index (χ2n) is 10.6. The Bertz CT molecular complexity index is 1210. The minimum absolute atomic E-state index is 0.102. The van der Waals surface area contributed by atoms with E-state index in [-0.39, 0.29) is 29.6 Å². The molecule has 2 aromatic carbocycles. The zero-order valence-corrected chi connectivity index (χ0v) is 20.9. The first kappa shape index (κ1) is 22.6. The number of amides is 3. The number of aryl methyl sites for hydroxylation is 1. The van der Waals surface area contributed by atoms with Gasteiger partial charge in [-0.05, 0) is 80.3 Å². The topological polar surface area (TPSA) is 60.9 Å². The number of carbonyl (C=O) groups is 3. The van der Waals surface area contributed by atoms with Crippen molar-refractivity contribution in [3.63, 3.8) is 0 Å². The quantitative estimate of drug-likeness (QED) is 0.595. The molecule has 4 atom stereocenters. The number of carbonyl (C=O) groups excluding carboxylic acids is 3. The molecule has 2 saturated carbocycles. The predicted octanol–water partition coefficient (Wildman–Crippen LogP) is 4.45. The summed E-state index contributed by atoms with van der Waals surface area (Å²) < 4.78 is 0. The Labute approximate surface area is 210 Å². The summed E-state index contributed by atoms with van der Waals surface area (Å²) in [7, 11) is 0. The average molecular weight is 492 g/mol. The molecule has 4 aliphatic rings. The maximum Gasteiger partial charge on any atom is 0.255 e. The lowest BCUT2D eigenvalue weighted by molar-refractivity contribution is -0.123. The molecule has 3 amide bonds. The van der Waals surface area contributed by atoms with Gasteiger partial charge < -0.3 is 9.80 Å². The highest BCUT2D eigenvalue weighted by Gasteiger charge is 2.61. The van der Waals surface area contributed by atoms with Gasteiger partial charge in [0, 0.05) is 31.9 Å². The second-order valence-corrected chi connectivity index (χ2v) is 11.0. The van der Waals surface area contributed by atoms with Crippen molar-refractivity contribution in [2.45, 2.75) is 33.1 Å². The van der Waals surface area contributed by atoms with Crippen molar-refractivity contribution >= 4 is 40.7 Å². The van der Waals surface area contributed by atoms with Gasteiger partial charge >= 0.3 is 0 Å². The Hall–Kier alpha value is -2.86. The lowest BCUT2D eigenvalue weighted by Crippen LogP contribution is -2.49. The number of imide groups is 1. The van der Waals surface area contributed by atoms with Crippen LogP contribution in [0.4, 0.5) is 11.4 Å². The second kappa shape index (κ2) is 8.37. The molecule has 2 aliphatic carbocycles. The van der Waals surface area contributed by atoms with Crippen LogP contribution >= 0.6 is 11.6 Å². The molecule has 6 rings (SSSR count). The number of benzene rings is 2. The molecule has 0 radical (unpaired) electrons. The normalized spacial score (nSPS) is 27.7. The molecule has 0 spiro atoms. The molecule has 35 heavy (non-hydrogen) atoms. The molecule has 6 nitrogen and oxygen atoms in total. The lowest BCUT2D eigenvalue weighted by atomic mass is 9.81. The van der Waals surface area contributed by atoms with E-state index in [4.69, 9.17) is 11.6 Å². The van der Waals surface area contributed by atoms with Crippen LogP contribution in [0.3, 0.4) is 0 Å². The van der Waals surface area contributed by atoms with Crippen molar-refractivity contribution in [1.82, 2.24) is 4.90 Å². The minimum Gasteiger partial charge on any atom is -0.368 e. The van der Waals surface area contributed by atoms with Crippen LogP contribution in [-0.4, -0.2) is 48.8 Å². The van der Waals surface area contributed by atoms with Crippen molar-refractivity contribution in [3.8, 4) is 0 Å². The number of hydrogen-bond donors (Lipinski definition) is 0. The molecule has 4 unspecified atom stereocenters. The molecular formula is C28H30ClN3O3. The van der Waals surface area contributed by atoms with Gasteiger partial charge in [-0.1, -0.05) is 23.7 Å². The third-order valence-electron chi connectivity index (χ3n) is 8.85. The molecule has 2 heterocycles. The first-order valence-corrected chi connectivity index (χ1v) is 13.0. The van der Waals surface area contributed by atoms with Gasteiger partial charge in [-0.2, -0.15) is 0 Å². The van der Waals surface area contributed by atoms with Crippen LogP contribution in [0.1, 0.15) is 40.7 Å². The summed E-state index contributed by atoms with van der Waals surface area (Å²) in [5.41, 5.74) is 4.55.